The van der Waals surface area contributed by atoms with Gasteiger partial charge in [-0.25, -0.2) is 0 Å². The van der Waals surface area contributed by atoms with Gasteiger partial charge in [-0.1, -0.05) is 19.6 Å². The van der Waals surface area contributed by atoms with E-state index in [0.717, 1.165) is 31.1 Å². The highest BCUT2D eigenvalue weighted by atomic mass is 16.5. The summed E-state index contributed by atoms with van der Waals surface area (Å²) in [5.74, 6) is 3.01. The highest BCUT2D eigenvalue weighted by molar-refractivity contribution is 5.58. The van der Waals surface area contributed by atoms with E-state index in [1.54, 1.807) is 0 Å². The van der Waals surface area contributed by atoms with Gasteiger partial charge < -0.3 is 9.84 Å². The molecule has 0 bridgehead atoms. The van der Waals surface area contributed by atoms with Crippen LogP contribution in [0.5, 0.6) is 11.5 Å². The van der Waals surface area contributed by atoms with E-state index in [4.69, 9.17) is 4.74 Å². The Kier molecular flexibility index (Phi) is 3.25. The molecule has 0 aromatic heterocycles. The topological polar surface area (TPSA) is 32.7 Å². The van der Waals surface area contributed by atoms with E-state index >= 15 is 0 Å². The van der Waals surface area contributed by atoms with Crippen LogP contribution in [0.3, 0.4) is 0 Å². The molecule has 2 fully saturated rings. The van der Waals surface area contributed by atoms with Gasteiger partial charge in [-0.3, -0.25) is 4.90 Å². The predicted molar refractivity (Wildman–Crippen MR) is 94.6 cm³/mol. The van der Waals surface area contributed by atoms with E-state index in [1.165, 1.54) is 42.5 Å². The van der Waals surface area contributed by atoms with Crippen LogP contribution in [0.1, 0.15) is 49.7 Å². The summed E-state index contributed by atoms with van der Waals surface area (Å²) in [6.07, 6.45) is 6.28. The molecule has 4 atom stereocenters. The number of benzene rings is 1. The summed E-state index contributed by atoms with van der Waals surface area (Å²) in [5, 5.41) is 10.3. The lowest BCUT2D eigenvalue weighted by Crippen LogP contribution is -2.50. The maximum absolute atomic E-state index is 10.3. The van der Waals surface area contributed by atoms with Gasteiger partial charge in [0, 0.05) is 24.1 Å². The van der Waals surface area contributed by atoms with Crippen LogP contribution < -0.4 is 4.74 Å². The molecule has 5 rings (SSSR count). The molecule has 0 spiro atoms. The van der Waals surface area contributed by atoms with Crippen molar-refractivity contribution in [2.24, 2.45) is 11.8 Å². The van der Waals surface area contributed by atoms with Crippen LogP contribution in [0.4, 0.5) is 0 Å². The fourth-order valence-corrected chi connectivity index (χ4v) is 5.44. The third kappa shape index (κ3) is 2.07. The first-order chi connectivity index (χ1) is 11.7. The monoisotopic (exact) mass is 325 g/mol. The van der Waals surface area contributed by atoms with Gasteiger partial charge in [0.1, 0.15) is 6.10 Å². The lowest BCUT2D eigenvalue weighted by atomic mass is 9.64. The van der Waals surface area contributed by atoms with Crippen molar-refractivity contribution in [3.05, 3.63) is 35.4 Å². The minimum absolute atomic E-state index is 0.0771. The Balaban J connectivity index is 1.57. The van der Waals surface area contributed by atoms with Gasteiger partial charge in [-0.2, -0.15) is 0 Å². The number of hydrogen-bond acceptors (Lipinski definition) is 3. The molecule has 0 saturated heterocycles. The quantitative estimate of drug-likeness (QED) is 0.853. The molecule has 0 radical (unpaired) electrons. The Morgan fingerprint density at radius 2 is 2.12 bits per heavy atom. The van der Waals surface area contributed by atoms with Gasteiger partial charge >= 0.3 is 0 Å². The number of hydrogen-bond donors (Lipinski definition) is 1. The SMILES string of the molecule is C=C1CCC2C3c4c(ccc(O)c4OC13)C[C@H]2N(CC)CC1CC1. The van der Waals surface area contributed by atoms with Crippen molar-refractivity contribution in [1.82, 2.24) is 4.90 Å². The summed E-state index contributed by atoms with van der Waals surface area (Å²) in [6.45, 7) is 8.99. The number of phenols is 1. The molecule has 128 valence electrons. The van der Waals surface area contributed by atoms with Crippen molar-refractivity contribution in [2.75, 3.05) is 13.1 Å². The van der Waals surface area contributed by atoms with Crippen molar-refractivity contribution in [2.45, 2.75) is 57.1 Å². The van der Waals surface area contributed by atoms with E-state index < -0.39 is 0 Å². The summed E-state index contributed by atoms with van der Waals surface area (Å²) in [4.78, 5) is 2.74. The lowest BCUT2D eigenvalue weighted by Gasteiger charge is -2.47. The molecule has 3 aliphatic carbocycles. The molecule has 1 N–H and O–H groups in total. The highest BCUT2D eigenvalue weighted by Gasteiger charge is 2.52. The average molecular weight is 325 g/mol. The maximum Gasteiger partial charge on any atom is 0.165 e. The molecule has 3 unspecified atom stereocenters. The number of likely N-dealkylation sites (N-methyl/N-ethyl adjacent to an activating group) is 1. The van der Waals surface area contributed by atoms with Gasteiger partial charge in [-0.15, -0.1) is 0 Å². The molecule has 1 aromatic carbocycles. The molecule has 2 saturated carbocycles. The van der Waals surface area contributed by atoms with Crippen LogP contribution >= 0.6 is 0 Å². The van der Waals surface area contributed by atoms with Crippen LogP contribution in [0.15, 0.2) is 24.3 Å². The van der Waals surface area contributed by atoms with Crippen molar-refractivity contribution < 1.29 is 9.84 Å². The predicted octanol–water partition coefficient (Wildman–Crippen LogP) is 3.86. The molecule has 1 aromatic rings. The third-order valence-corrected chi connectivity index (χ3v) is 6.82. The van der Waals surface area contributed by atoms with E-state index in [-0.39, 0.29) is 6.10 Å². The Hall–Kier alpha value is -1.48. The Morgan fingerprint density at radius 3 is 2.88 bits per heavy atom. The second-order valence-electron chi connectivity index (χ2n) is 8.21. The van der Waals surface area contributed by atoms with Gasteiger partial charge in [0.05, 0.1) is 0 Å². The van der Waals surface area contributed by atoms with Gasteiger partial charge in [0.2, 0.25) is 0 Å². The lowest BCUT2D eigenvalue weighted by molar-refractivity contribution is 0.0739. The average Bonchev–Trinajstić information content (AvgIpc) is 3.31. The summed E-state index contributed by atoms with van der Waals surface area (Å²) in [6, 6.07) is 4.57. The van der Waals surface area contributed by atoms with Gasteiger partial charge in [0.25, 0.3) is 0 Å². The van der Waals surface area contributed by atoms with E-state index in [1.807, 2.05) is 6.07 Å². The molecular formula is C21H27NO2. The molecule has 24 heavy (non-hydrogen) atoms. The number of phenolic OH excluding ortho intramolecular Hbond substituents is 1. The van der Waals surface area contributed by atoms with Crippen molar-refractivity contribution in [1.29, 1.82) is 0 Å². The normalized spacial score (nSPS) is 33.5. The molecule has 1 heterocycles. The summed E-state index contributed by atoms with van der Waals surface area (Å²) < 4.78 is 6.23. The number of aromatic hydroxyl groups is 1. The minimum atomic E-state index is 0.0771. The maximum atomic E-state index is 10.3. The Labute approximate surface area is 144 Å². The zero-order chi connectivity index (χ0) is 16.4. The third-order valence-electron chi connectivity index (χ3n) is 6.82. The largest absolute Gasteiger partial charge is 0.504 e. The second-order valence-corrected chi connectivity index (χ2v) is 8.21. The van der Waals surface area contributed by atoms with Gasteiger partial charge in [-0.05, 0) is 67.7 Å². The Bertz CT molecular complexity index is 693. The van der Waals surface area contributed by atoms with Crippen LogP contribution in [0.25, 0.3) is 0 Å². The molecule has 0 amide bonds. The molecule has 3 nitrogen and oxygen atoms in total. The van der Waals surface area contributed by atoms with E-state index in [2.05, 4.69) is 24.5 Å². The van der Waals surface area contributed by atoms with Crippen molar-refractivity contribution in [3.8, 4) is 11.5 Å². The van der Waals surface area contributed by atoms with Crippen LogP contribution in [-0.4, -0.2) is 35.2 Å². The van der Waals surface area contributed by atoms with Gasteiger partial charge in [0.15, 0.2) is 11.5 Å². The second kappa shape index (κ2) is 5.26. The first kappa shape index (κ1) is 14.8. The smallest absolute Gasteiger partial charge is 0.165 e. The van der Waals surface area contributed by atoms with Crippen LogP contribution in [0, 0.1) is 11.8 Å². The molecular weight excluding hydrogens is 298 g/mol. The summed E-state index contributed by atoms with van der Waals surface area (Å²) >= 11 is 0. The minimum Gasteiger partial charge on any atom is -0.504 e. The fraction of sp³-hybridized carbons (Fsp3) is 0.619. The fourth-order valence-electron chi connectivity index (χ4n) is 5.44. The van der Waals surface area contributed by atoms with Crippen LogP contribution in [0.2, 0.25) is 0 Å². The first-order valence-corrected chi connectivity index (χ1v) is 9.60. The molecule has 4 aliphatic rings. The van der Waals surface area contributed by atoms with Crippen LogP contribution in [-0.2, 0) is 6.42 Å². The van der Waals surface area contributed by atoms with E-state index in [9.17, 15) is 5.11 Å². The zero-order valence-electron chi connectivity index (χ0n) is 14.5. The van der Waals surface area contributed by atoms with Crippen molar-refractivity contribution in [3.63, 3.8) is 0 Å². The van der Waals surface area contributed by atoms with Crippen molar-refractivity contribution >= 4 is 0 Å². The highest BCUT2D eigenvalue weighted by Crippen LogP contribution is 2.58. The molecule has 1 aliphatic heterocycles. The zero-order valence-corrected chi connectivity index (χ0v) is 14.5. The number of ether oxygens (including phenoxy) is 1. The standard InChI is InChI=1S/C21H27NO2/c1-3-22(11-13-5-6-13)16-10-14-7-9-17(23)21-18(14)19-15(16)8-4-12(2)20(19)24-21/h7,9,13,15-16,19-20,23H,2-6,8,10-11H2,1H3/t15?,16-,19?,20?/m1/s1. The number of rotatable bonds is 4. The molecule has 3 heteroatoms. The summed E-state index contributed by atoms with van der Waals surface area (Å²) in [5.41, 5.74) is 3.90. The van der Waals surface area contributed by atoms with E-state index in [0.29, 0.717) is 23.6 Å². The Morgan fingerprint density at radius 1 is 1.29 bits per heavy atom. The number of nitrogens with zero attached hydrogens (tertiary/aromatic N) is 1. The first-order valence-electron chi connectivity index (χ1n) is 9.60. The summed E-state index contributed by atoms with van der Waals surface area (Å²) in [7, 11) is 0.